The number of rotatable bonds is 8. The van der Waals surface area contributed by atoms with Gasteiger partial charge in [0.1, 0.15) is 5.75 Å². The summed E-state index contributed by atoms with van der Waals surface area (Å²) in [6.45, 7) is 8.51. The number of hydrogen-bond acceptors (Lipinski definition) is 3. The van der Waals surface area contributed by atoms with Crippen molar-refractivity contribution in [3.05, 3.63) is 63.7 Å². The van der Waals surface area contributed by atoms with Crippen molar-refractivity contribution in [2.24, 2.45) is 0 Å². The maximum Gasteiger partial charge on any atom is 0.260 e. The van der Waals surface area contributed by atoms with Crippen molar-refractivity contribution in [1.82, 2.24) is 5.32 Å². The van der Waals surface area contributed by atoms with Crippen LogP contribution in [-0.2, 0) is 10.5 Å². The van der Waals surface area contributed by atoms with Crippen LogP contribution in [0.4, 0.5) is 0 Å². The second-order valence-electron chi connectivity index (χ2n) is 6.44. The van der Waals surface area contributed by atoms with Crippen LogP contribution >= 0.6 is 23.4 Å². The molecule has 1 amide bonds. The lowest BCUT2D eigenvalue weighted by Gasteiger charge is -2.18. The van der Waals surface area contributed by atoms with Gasteiger partial charge in [-0.2, -0.15) is 11.8 Å². The van der Waals surface area contributed by atoms with Gasteiger partial charge in [0.2, 0.25) is 0 Å². The van der Waals surface area contributed by atoms with Crippen molar-refractivity contribution in [2.45, 2.75) is 39.6 Å². The van der Waals surface area contributed by atoms with E-state index < -0.39 is 6.10 Å². The first-order chi connectivity index (χ1) is 12.4. The molecule has 0 aliphatic carbocycles. The largest absolute Gasteiger partial charge is 0.481 e. The molecule has 1 atom stereocenters. The summed E-state index contributed by atoms with van der Waals surface area (Å²) in [6.07, 6.45) is -0.517. The van der Waals surface area contributed by atoms with E-state index in [0.29, 0.717) is 6.54 Å². The molecule has 2 rings (SSSR count). The minimum Gasteiger partial charge on any atom is -0.481 e. The zero-order chi connectivity index (χ0) is 19.1. The fraction of sp³-hybridized carbons (Fsp3) is 0.381. The zero-order valence-electron chi connectivity index (χ0n) is 15.8. The number of ether oxygens (including phenoxy) is 1. The zero-order valence-corrected chi connectivity index (χ0v) is 17.3. The molecular weight excluding hydrogens is 366 g/mol. The van der Waals surface area contributed by atoms with E-state index in [2.05, 4.69) is 18.3 Å². The summed E-state index contributed by atoms with van der Waals surface area (Å²) in [5, 5.41) is 3.69. The molecule has 0 bridgehead atoms. The normalized spacial score (nSPS) is 11.9. The molecule has 3 nitrogen and oxygen atoms in total. The standard InChI is InChI=1S/C21H26ClNO2S/c1-14-11-15(2)16(3)20(12-14)25-17(4)21(24)23-9-10-26-13-18-5-7-19(22)8-6-18/h5-8,11-12,17H,9-10,13H2,1-4H3,(H,23,24)/t17-/m0/s1. The smallest absolute Gasteiger partial charge is 0.260 e. The van der Waals surface area contributed by atoms with Crippen LogP contribution in [0.5, 0.6) is 5.75 Å². The van der Waals surface area contributed by atoms with Crippen LogP contribution in [0.2, 0.25) is 5.02 Å². The Morgan fingerprint density at radius 1 is 1.19 bits per heavy atom. The third-order valence-corrected chi connectivity index (χ3v) is 5.45. The number of thioether (sulfide) groups is 1. The lowest BCUT2D eigenvalue weighted by atomic mass is 10.1. The summed E-state index contributed by atoms with van der Waals surface area (Å²) in [6, 6.07) is 11.9. The van der Waals surface area contributed by atoms with Gasteiger partial charge in [-0.15, -0.1) is 0 Å². The predicted octanol–water partition coefficient (Wildman–Crippen LogP) is 5.08. The molecule has 0 radical (unpaired) electrons. The average molecular weight is 392 g/mol. The minimum atomic E-state index is -0.517. The van der Waals surface area contributed by atoms with E-state index in [4.69, 9.17) is 16.3 Å². The highest BCUT2D eigenvalue weighted by atomic mass is 35.5. The molecule has 0 heterocycles. The maximum absolute atomic E-state index is 12.2. The molecule has 140 valence electrons. The van der Waals surface area contributed by atoms with Gasteiger partial charge in [-0.1, -0.05) is 29.8 Å². The predicted molar refractivity (Wildman–Crippen MR) is 111 cm³/mol. The van der Waals surface area contributed by atoms with Gasteiger partial charge >= 0.3 is 0 Å². The maximum atomic E-state index is 12.2. The molecule has 0 unspecified atom stereocenters. The number of nitrogens with one attached hydrogen (secondary N) is 1. The summed E-state index contributed by atoms with van der Waals surface area (Å²) in [5.74, 6) is 2.45. The van der Waals surface area contributed by atoms with Gasteiger partial charge in [0, 0.05) is 23.1 Å². The van der Waals surface area contributed by atoms with Crippen LogP contribution in [0, 0.1) is 20.8 Å². The summed E-state index contributed by atoms with van der Waals surface area (Å²) in [5.41, 5.74) is 4.61. The van der Waals surface area contributed by atoms with Crippen molar-refractivity contribution in [2.75, 3.05) is 12.3 Å². The van der Waals surface area contributed by atoms with Crippen molar-refractivity contribution < 1.29 is 9.53 Å². The lowest BCUT2D eigenvalue weighted by molar-refractivity contribution is -0.127. The minimum absolute atomic E-state index is 0.0874. The first kappa shape index (κ1) is 20.7. The molecule has 0 aliphatic rings. The van der Waals surface area contributed by atoms with Gasteiger partial charge in [0.05, 0.1) is 0 Å². The van der Waals surface area contributed by atoms with E-state index in [9.17, 15) is 4.79 Å². The van der Waals surface area contributed by atoms with Crippen LogP contribution in [-0.4, -0.2) is 24.3 Å². The van der Waals surface area contributed by atoms with Gasteiger partial charge in [0.25, 0.3) is 5.91 Å². The molecular formula is C21H26ClNO2S. The summed E-state index contributed by atoms with van der Waals surface area (Å²) >= 11 is 7.66. The van der Waals surface area contributed by atoms with Crippen LogP contribution in [0.15, 0.2) is 36.4 Å². The van der Waals surface area contributed by atoms with Crippen molar-refractivity contribution >= 4 is 29.3 Å². The van der Waals surface area contributed by atoms with E-state index in [1.54, 1.807) is 18.7 Å². The van der Waals surface area contributed by atoms with E-state index in [0.717, 1.165) is 33.4 Å². The number of benzene rings is 2. The van der Waals surface area contributed by atoms with Crippen LogP contribution in [0.3, 0.4) is 0 Å². The Kier molecular flexibility index (Phi) is 7.85. The highest BCUT2D eigenvalue weighted by Crippen LogP contribution is 2.24. The molecule has 0 saturated carbocycles. The Morgan fingerprint density at radius 3 is 2.58 bits per heavy atom. The van der Waals surface area contributed by atoms with Gasteiger partial charge < -0.3 is 10.1 Å². The van der Waals surface area contributed by atoms with Crippen molar-refractivity contribution in [3.8, 4) is 5.75 Å². The third kappa shape index (κ3) is 6.26. The molecule has 0 fully saturated rings. The van der Waals surface area contributed by atoms with E-state index in [1.165, 1.54) is 11.1 Å². The molecule has 26 heavy (non-hydrogen) atoms. The molecule has 0 saturated heterocycles. The quantitative estimate of drug-likeness (QED) is 0.637. The molecule has 5 heteroatoms. The first-order valence-corrected chi connectivity index (χ1v) is 10.2. The first-order valence-electron chi connectivity index (χ1n) is 8.71. The topological polar surface area (TPSA) is 38.3 Å². The van der Waals surface area contributed by atoms with E-state index >= 15 is 0 Å². The fourth-order valence-corrected chi connectivity index (χ4v) is 3.47. The Bertz CT molecular complexity index is 746. The summed E-state index contributed by atoms with van der Waals surface area (Å²) < 4.78 is 5.87. The fourth-order valence-electron chi connectivity index (χ4n) is 2.53. The number of carbonyl (C=O) groups excluding carboxylic acids is 1. The van der Waals surface area contributed by atoms with E-state index in [1.807, 2.05) is 44.2 Å². The Hall–Kier alpha value is -1.65. The number of aryl methyl sites for hydroxylation is 2. The van der Waals surface area contributed by atoms with Gasteiger partial charge in [-0.25, -0.2) is 0 Å². The third-order valence-electron chi connectivity index (χ3n) is 4.16. The van der Waals surface area contributed by atoms with Gasteiger partial charge in [0.15, 0.2) is 6.10 Å². The Morgan fingerprint density at radius 2 is 1.88 bits per heavy atom. The Balaban J connectivity index is 1.73. The van der Waals surface area contributed by atoms with E-state index in [-0.39, 0.29) is 5.91 Å². The molecule has 0 aromatic heterocycles. The lowest BCUT2D eigenvalue weighted by Crippen LogP contribution is -2.37. The van der Waals surface area contributed by atoms with Crippen molar-refractivity contribution in [3.63, 3.8) is 0 Å². The highest BCUT2D eigenvalue weighted by Gasteiger charge is 2.16. The van der Waals surface area contributed by atoms with Crippen LogP contribution in [0.1, 0.15) is 29.2 Å². The SMILES string of the molecule is Cc1cc(C)c(C)c(O[C@@H](C)C(=O)NCCSCc2ccc(Cl)cc2)c1. The summed E-state index contributed by atoms with van der Waals surface area (Å²) in [4.78, 5) is 12.2. The highest BCUT2D eigenvalue weighted by molar-refractivity contribution is 7.98. The molecule has 1 N–H and O–H groups in total. The number of halogens is 1. The second kappa shape index (κ2) is 9.89. The number of hydrogen-bond donors (Lipinski definition) is 1. The van der Waals surface area contributed by atoms with Gasteiger partial charge in [-0.05, 0) is 68.1 Å². The molecule has 2 aromatic rings. The average Bonchev–Trinajstić information content (AvgIpc) is 2.60. The Labute approximate surface area is 165 Å². The molecule has 0 aliphatic heterocycles. The number of amides is 1. The van der Waals surface area contributed by atoms with Crippen molar-refractivity contribution in [1.29, 1.82) is 0 Å². The van der Waals surface area contributed by atoms with Gasteiger partial charge in [-0.3, -0.25) is 4.79 Å². The van der Waals surface area contributed by atoms with Crippen LogP contribution < -0.4 is 10.1 Å². The number of carbonyl (C=O) groups is 1. The molecule has 2 aromatic carbocycles. The second-order valence-corrected chi connectivity index (χ2v) is 7.98. The molecule has 0 spiro atoms. The van der Waals surface area contributed by atoms with Crippen LogP contribution in [0.25, 0.3) is 0 Å². The monoisotopic (exact) mass is 391 g/mol. The summed E-state index contributed by atoms with van der Waals surface area (Å²) in [7, 11) is 0.